The number of amides is 5. The quantitative estimate of drug-likeness (QED) is 0.0176. The van der Waals surface area contributed by atoms with Crippen LogP contribution in [0.3, 0.4) is 0 Å². The molecular formula is C64H80BrN8O7S+. The Morgan fingerprint density at radius 2 is 1.28 bits per heavy atom. The van der Waals surface area contributed by atoms with Gasteiger partial charge in [-0.3, -0.25) is 24.0 Å². The fourth-order valence-corrected chi connectivity index (χ4v) is 12.2. The number of aromatic nitrogens is 1. The van der Waals surface area contributed by atoms with Crippen LogP contribution in [-0.2, 0) is 55.1 Å². The normalized spacial score (nSPS) is 14.1. The molecule has 0 aliphatic carbocycles. The number of aryl methyl sites for hydroxylation is 2. The van der Waals surface area contributed by atoms with E-state index in [-0.39, 0.29) is 37.5 Å². The first-order valence-corrected chi connectivity index (χ1v) is 30.2. The number of carbonyl (C=O) groups is 6. The van der Waals surface area contributed by atoms with E-state index < -0.39 is 65.7 Å². The molecule has 0 bridgehead atoms. The first kappa shape index (κ1) is 61.7. The number of hydrogen-bond acceptors (Lipinski definition) is 9. The van der Waals surface area contributed by atoms with Crippen LogP contribution in [0, 0.1) is 11.8 Å². The highest BCUT2D eigenvalue weighted by Gasteiger charge is 2.34. The van der Waals surface area contributed by atoms with Crippen molar-refractivity contribution in [1.82, 2.24) is 26.6 Å². The number of fused-ring (bicyclic) bond motifs is 2. The highest BCUT2D eigenvalue weighted by atomic mass is 79.9. The van der Waals surface area contributed by atoms with Gasteiger partial charge in [0.25, 0.3) is 5.01 Å². The summed E-state index contributed by atoms with van der Waals surface area (Å²) in [5.41, 5.74) is 14.3. The third-order valence-corrected chi connectivity index (χ3v) is 16.6. The lowest BCUT2D eigenvalue weighted by Crippen LogP contribution is -2.60. The highest BCUT2D eigenvalue weighted by Crippen LogP contribution is 2.35. The average molecular weight is 1190 g/mol. The molecule has 0 unspecified atom stereocenters. The van der Waals surface area contributed by atoms with E-state index in [2.05, 4.69) is 95.4 Å². The molecule has 0 saturated heterocycles. The van der Waals surface area contributed by atoms with Gasteiger partial charge in [0.1, 0.15) is 42.0 Å². The number of unbranched alkanes of at least 4 members (excludes halogenated alkanes) is 3. The first-order chi connectivity index (χ1) is 39.0. The number of carboxylic acid groups (broad SMARTS) is 1. The van der Waals surface area contributed by atoms with Crippen molar-refractivity contribution in [2.45, 2.75) is 135 Å². The summed E-state index contributed by atoms with van der Waals surface area (Å²) in [6.07, 6.45) is 6.56. The van der Waals surface area contributed by atoms with Crippen molar-refractivity contribution >= 4 is 78.7 Å². The highest BCUT2D eigenvalue weighted by molar-refractivity contribution is 9.10. The van der Waals surface area contributed by atoms with Gasteiger partial charge in [0.05, 0.1) is 5.56 Å². The Labute approximate surface area is 489 Å². The Morgan fingerprint density at radius 1 is 0.654 bits per heavy atom. The molecule has 430 valence electrons. The van der Waals surface area contributed by atoms with Crippen LogP contribution in [0.2, 0.25) is 0 Å². The third-order valence-electron chi connectivity index (χ3n) is 14.9. The van der Waals surface area contributed by atoms with Gasteiger partial charge >= 0.3 is 5.97 Å². The molecule has 5 atom stereocenters. The molecule has 0 spiro atoms. The standard InChI is InChI=1S/C64H79BrN8O7S/c1-41(2)36-51(61(77)71-58(42(3)4)62(78)69-52(37-44-25-27-46(28-26-44)45-20-11-7-12-21-45)60(76)70-53(64(79)80)38-43-18-9-6-10-19-43)68-59(75)50(23-14-15-33-66)67-57(74)24-13-8-16-34-73-35-17-22-47-39-48(29-31-54(47)73)63-72(5)55-32-30-49(65)40-56(55)81-63/h6-7,9-12,18-21,25-32,39-42,50-53,58H,8,13-17,22-24,33-38,66H2,1-5H3,(H5-,67,68,69,70,71,74,75,76,77,78,79,80)/p+1/t50-,51-,52-,53-,58-/m1/s1. The van der Waals surface area contributed by atoms with E-state index in [1.54, 1.807) is 49.4 Å². The minimum absolute atomic E-state index is 0.0177. The number of nitrogens with zero attached hydrogens (tertiary/aromatic N) is 2. The van der Waals surface area contributed by atoms with Gasteiger partial charge in [-0.2, -0.15) is 4.57 Å². The molecule has 0 fully saturated rings. The summed E-state index contributed by atoms with van der Waals surface area (Å²) >= 11 is 5.41. The van der Waals surface area contributed by atoms with E-state index in [9.17, 15) is 33.9 Å². The molecule has 81 heavy (non-hydrogen) atoms. The number of benzene rings is 5. The van der Waals surface area contributed by atoms with E-state index in [4.69, 9.17) is 5.73 Å². The number of nitrogens with one attached hydrogen (secondary N) is 5. The molecule has 1 aliphatic rings. The van der Waals surface area contributed by atoms with Crippen LogP contribution >= 0.6 is 27.3 Å². The second-order valence-corrected chi connectivity index (χ2v) is 24.0. The van der Waals surface area contributed by atoms with Crippen LogP contribution in [0.1, 0.15) is 102 Å². The molecule has 6 aromatic rings. The Kier molecular flexibility index (Phi) is 23.0. The number of nitrogens with two attached hydrogens (primary N) is 1. The molecule has 0 saturated carbocycles. The number of carbonyl (C=O) groups excluding carboxylic acids is 5. The summed E-state index contributed by atoms with van der Waals surface area (Å²) in [7, 11) is 2.12. The SMILES string of the molecule is CC(C)C[C@@H](NC(=O)[C@@H](CCCCN)NC(=O)CCCCCN1CCCc2cc(-c3sc4cc(Br)ccc4[n+]3C)ccc21)C(=O)N[C@@H](C(=O)N[C@H](Cc1ccc(-c2ccccc2)cc1)C(=O)N[C@H](Cc1ccccc1)C(=O)O)C(C)C. The van der Waals surface area contributed by atoms with Crippen molar-refractivity contribution < 1.29 is 38.4 Å². The maximum Gasteiger partial charge on any atom is 0.326 e. The lowest BCUT2D eigenvalue weighted by Gasteiger charge is -2.31. The van der Waals surface area contributed by atoms with E-state index in [1.165, 1.54) is 32.0 Å². The first-order valence-electron chi connectivity index (χ1n) is 28.6. The number of anilines is 1. The Hall–Kier alpha value is -6.95. The smallest absolute Gasteiger partial charge is 0.326 e. The van der Waals surface area contributed by atoms with E-state index in [1.807, 2.05) is 74.5 Å². The van der Waals surface area contributed by atoms with Gasteiger partial charge in [0.15, 0.2) is 0 Å². The molecule has 15 nitrogen and oxygen atoms in total. The molecule has 1 aliphatic heterocycles. The van der Waals surface area contributed by atoms with Crippen molar-refractivity contribution in [2.24, 2.45) is 24.6 Å². The zero-order valence-corrected chi connectivity index (χ0v) is 49.8. The summed E-state index contributed by atoms with van der Waals surface area (Å²) in [6, 6.07) is 33.9. The molecule has 0 radical (unpaired) electrons. The summed E-state index contributed by atoms with van der Waals surface area (Å²) in [6.45, 7) is 9.64. The van der Waals surface area contributed by atoms with Crippen LogP contribution in [-0.4, -0.2) is 90.5 Å². The summed E-state index contributed by atoms with van der Waals surface area (Å²) in [5, 5.41) is 25.7. The molecule has 1 aromatic heterocycles. The van der Waals surface area contributed by atoms with Gasteiger partial charge in [-0.15, -0.1) is 0 Å². The number of thiazole rings is 1. The van der Waals surface area contributed by atoms with Gasteiger partial charge in [-0.1, -0.05) is 146 Å². The third kappa shape index (κ3) is 17.8. The maximum absolute atomic E-state index is 14.4. The molecule has 5 aromatic carbocycles. The number of aliphatic carboxylic acids is 1. The Bertz CT molecular complexity index is 3080. The van der Waals surface area contributed by atoms with E-state index in [0.29, 0.717) is 43.4 Å². The molecule has 17 heteroatoms. The average Bonchev–Trinajstić information content (AvgIpc) is 3.86. The van der Waals surface area contributed by atoms with Crippen LogP contribution in [0.5, 0.6) is 0 Å². The number of hydrogen-bond donors (Lipinski definition) is 7. The van der Waals surface area contributed by atoms with Crippen molar-refractivity contribution in [1.29, 1.82) is 0 Å². The van der Waals surface area contributed by atoms with Crippen LogP contribution < -0.4 is 41.8 Å². The van der Waals surface area contributed by atoms with E-state index >= 15 is 0 Å². The van der Waals surface area contributed by atoms with Gasteiger partial charge in [0.2, 0.25) is 35.1 Å². The summed E-state index contributed by atoms with van der Waals surface area (Å²) < 4.78 is 4.57. The molecule has 8 N–H and O–H groups in total. The van der Waals surface area contributed by atoms with Crippen LogP contribution in [0.15, 0.2) is 126 Å². The number of halogens is 1. The molecular weight excluding hydrogens is 1100 g/mol. The fraction of sp³-hybridized carbons (Fsp3) is 0.422. The van der Waals surface area contributed by atoms with Gasteiger partial charge in [-0.25, -0.2) is 4.79 Å². The van der Waals surface area contributed by atoms with Gasteiger partial charge in [0, 0.05) is 48.6 Å². The van der Waals surface area contributed by atoms with Crippen molar-refractivity contribution in [3.05, 3.63) is 142 Å². The maximum atomic E-state index is 14.4. The molecule has 7 rings (SSSR count). The van der Waals surface area contributed by atoms with E-state index in [0.717, 1.165) is 54.4 Å². The largest absolute Gasteiger partial charge is 0.480 e. The monoisotopic (exact) mass is 1180 g/mol. The van der Waals surface area contributed by atoms with Gasteiger partial charge < -0.3 is 42.3 Å². The predicted octanol–water partition coefficient (Wildman–Crippen LogP) is 8.96. The number of rotatable bonds is 29. The lowest BCUT2D eigenvalue weighted by molar-refractivity contribution is -0.629. The summed E-state index contributed by atoms with van der Waals surface area (Å²) in [5.74, 6) is -4.47. The minimum Gasteiger partial charge on any atom is -0.480 e. The zero-order chi connectivity index (χ0) is 58.0. The van der Waals surface area contributed by atoms with Crippen molar-refractivity contribution in [2.75, 3.05) is 24.5 Å². The zero-order valence-electron chi connectivity index (χ0n) is 47.3. The number of carboxylic acids is 1. The van der Waals surface area contributed by atoms with Crippen LogP contribution in [0.25, 0.3) is 31.9 Å². The Morgan fingerprint density at radius 3 is 1.98 bits per heavy atom. The topological polar surface area (TPSA) is 216 Å². The molecule has 2 heterocycles. The minimum atomic E-state index is -1.29. The second kappa shape index (κ2) is 30.2. The summed E-state index contributed by atoms with van der Waals surface area (Å²) in [4.78, 5) is 85.6. The van der Waals surface area contributed by atoms with Gasteiger partial charge in [-0.05, 0) is 128 Å². The second-order valence-electron chi connectivity index (χ2n) is 22.1. The fourth-order valence-electron chi connectivity index (χ4n) is 10.5. The predicted molar refractivity (Wildman–Crippen MR) is 325 cm³/mol. The Balaban J connectivity index is 0.958. The lowest BCUT2D eigenvalue weighted by atomic mass is 9.97. The molecule has 5 amide bonds. The van der Waals surface area contributed by atoms with Crippen LogP contribution in [0.4, 0.5) is 5.69 Å². The van der Waals surface area contributed by atoms with Crippen molar-refractivity contribution in [3.8, 4) is 21.7 Å². The van der Waals surface area contributed by atoms with Crippen molar-refractivity contribution in [3.63, 3.8) is 0 Å².